The van der Waals surface area contributed by atoms with Gasteiger partial charge in [-0.2, -0.15) is 0 Å². The molecule has 8 aliphatic rings. The molecule has 0 spiro atoms. The highest BCUT2D eigenvalue weighted by Crippen LogP contribution is 2.48. The summed E-state index contributed by atoms with van der Waals surface area (Å²) in [5.41, 5.74) is 1.64. The lowest BCUT2D eigenvalue weighted by molar-refractivity contribution is -0.0713. The van der Waals surface area contributed by atoms with Gasteiger partial charge in [0.1, 0.15) is 0 Å². The van der Waals surface area contributed by atoms with Crippen LogP contribution >= 0.6 is 0 Å². The molecular formula is C75H150O. The van der Waals surface area contributed by atoms with E-state index in [2.05, 4.69) is 180 Å². The fraction of sp³-hybridized carbons (Fsp3) is 1.00. The van der Waals surface area contributed by atoms with E-state index >= 15 is 0 Å². The zero-order valence-electron chi connectivity index (χ0n) is 58.0. The lowest BCUT2D eigenvalue weighted by Crippen LogP contribution is -2.42. The van der Waals surface area contributed by atoms with Gasteiger partial charge < -0.3 is 5.11 Å². The van der Waals surface area contributed by atoms with Crippen molar-refractivity contribution < 1.29 is 5.11 Å². The summed E-state index contributed by atoms with van der Waals surface area (Å²) in [5.74, 6) is 19.3. The normalized spacial score (nSPS) is 32.8. The maximum Gasteiger partial charge on any atom is 0.0625 e. The second-order valence-electron chi connectivity index (χ2n) is 34.7. The molecule has 1 heteroatoms. The summed E-state index contributed by atoms with van der Waals surface area (Å²) in [6.07, 6.45) is 34.3. The Labute approximate surface area is 484 Å². The predicted molar refractivity (Wildman–Crippen MR) is 346 cm³/mol. The summed E-state index contributed by atoms with van der Waals surface area (Å²) in [4.78, 5) is 0. The molecular weight excluding hydrogens is 917 g/mol. The Morgan fingerprint density at radius 2 is 0.461 bits per heavy atom. The van der Waals surface area contributed by atoms with Gasteiger partial charge in [0.2, 0.25) is 0 Å². The molecule has 0 amide bonds. The van der Waals surface area contributed by atoms with Crippen molar-refractivity contribution in [2.45, 2.75) is 347 Å². The van der Waals surface area contributed by atoms with Crippen LogP contribution in [0.25, 0.3) is 0 Å². The third kappa shape index (κ3) is 31.4. The molecule has 8 saturated carbocycles. The molecule has 0 radical (unpaired) electrons. The zero-order chi connectivity index (χ0) is 58.5. The third-order valence-electron chi connectivity index (χ3n) is 22.3. The molecule has 8 fully saturated rings. The average molecular weight is 1070 g/mol. The predicted octanol–water partition coefficient (Wildman–Crippen LogP) is 24.9. The lowest BCUT2D eigenvalue weighted by Gasteiger charge is -2.45. The van der Waals surface area contributed by atoms with E-state index in [9.17, 15) is 5.11 Å². The van der Waals surface area contributed by atoms with Crippen molar-refractivity contribution in [2.24, 2.45) is 135 Å². The fourth-order valence-electron chi connectivity index (χ4n) is 14.5. The Morgan fingerprint density at radius 3 is 0.605 bits per heavy atom. The van der Waals surface area contributed by atoms with Crippen molar-refractivity contribution >= 4 is 0 Å². The van der Waals surface area contributed by atoms with Gasteiger partial charge in [0.05, 0.1) is 5.60 Å². The van der Waals surface area contributed by atoms with Gasteiger partial charge in [0.15, 0.2) is 0 Å². The van der Waals surface area contributed by atoms with Crippen molar-refractivity contribution in [1.29, 1.82) is 0 Å². The van der Waals surface area contributed by atoms with Crippen LogP contribution in [-0.4, -0.2) is 10.7 Å². The maximum absolute atomic E-state index is 9.33. The van der Waals surface area contributed by atoms with Crippen LogP contribution in [-0.2, 0) is 0 Å². The maximum atomic E-state index is 9.33. The molecule has 0 aromatic carbocycles. The summed E-state index contributed by atoms with van der Waals surface area (Å²) in [6, 6.07) is 0. The molecule has 0 heterocycles. The minimum Gasteiger partial charge on any atom is -0.390 e. The Morgan fingerprint density at radius 1 is 0.250 bits per heavy atom. The molecule has 8 rings (SSSR count). The summed E-state index contributed by atoms with van der Waals surface area (Å²) in [7, 11) is 0. The van der Waals surface area contributed by atoms with Crippen molar-refractivity contribution in [3.05, 3.63) is 0 Å². The van der Waals surface area contributed by atoms with E-state index in [-0.39, 0.29) is 5.60 Å². The molecule has 456 valence electrons. The zero-order valence-corrected chi connectivity index (χ0v) is 58.0. The smallest absolute Gasteiger partial charge is 0.0625 e. The largest absolute Gasteiger partial charge is 0.390 e. The molecule has 1 nitrogen and oxygen atoms in total. The Balaban J connectivity index is 0.000000435. The first-order chi connectivity index (χ1) is 34.8. The summed E-state index contributed by atoms with van der Waals surface area (Å²) in [5, 5.41) is 9.33. The van der Waals surface area contributed by atoms with Gasteiger partial charge in [-0.25, -0.2) is 0 Å². The highest BCUT2D eigenvalue weighted by molar-refractivity contribution is 4.91. The van der Waals surface area contributed by atoms with Gasteiger partial charge in [0, 0.05) is 0 Å². The van der Waals surface area contributed by atoms with E-state index in [0.717, 1.165) is 131 Å². The first-order valence-electron chi connectivity index (χ1n) is 34.6. The summed E-state index contributed by atoms with van der Waals surface area (Å²) >= 11 is 0. The van der Waals surface area contributed by atoms with Crippen molar-refractivity contribution in [1.82, 2.24) is 0 Å². The van der Waals surface area contributed by atoms with Gasteiger partial charge in [-0.3, -0.25) is 0 Å². The lowest BCUT2D eigenvalue weighted by atomic mass is 9.61. The van der Waals surface area contributed by atoms with Gasteiger partial charge in [0.25, 0.3) is 0 Å². The Hall–Kier alpha value is -0.0400. The molecule has 0 aliphatic heterocycles. The van der Waals surface area contributed by atoms with E-state index < -0.39 is 0 Å². The number of hydrogen-bond acceptors (Lipinski definition) is 1. The minimum absolute atomic E-state index is 0.324. The van der Waals surface area contributed by atoms with Gasteiger partial charge in [-0.1, -0.05) is 206 Å². The topological polar surface area (TPSA) is 20.2 Å². The molecule has 0 atom stereocenters. The Kier molecular flexibility index (Phi) is 34.2. The van der Waals surface area contributed by atoms with Crippen LogP contribution in [0, 0.1) is 135 Å². The molecule has 0 saturated heterocycles. The SMILES string of the molecule is CC(C)C1CC(C)(C)C1.CC(C)C1CC(C)(O)C1.CC(C)C1CCC(C)(C)CC1.CC(C)C1CCC(C)(C)CC1.CC1CC(C(C)C)C1.CC1CC(C(C)C)C1.CC1CCC(C(C)C)CC1.CC1CCC(C(C)C)CC1. The van der Waals surface area contributed by atoms with Crippen molar-refractivity contribution in [3.63, 3.8) is 0 Å². The average Bonchev–Trinajstić information content (AvgIpc) is 3.26. The fourth-order valence-corrected chi connectivity index (χ4v) is 14.5. The van der Waals surface area contributed by atoms with Crippen LogP contribution in [0.4, 0.5) is 0 Å². The van der Waals surface area contributed by atoms with Crippen molar-refractivity contribution in [2.75, 3.05) is 0 Å². The van der Waals surface area contributed by atoms with Crippen LogP contribution < -0.4 is 0 Å². The number of hydrogen-bond donors (Lipinski definition) is 1. The number of aliphatic hydroxyl groups is 1. The first kappa shape index (κ1) is 74.0. The van der Waals surface area contributed by atoms with E-state index in [1.807, 2.05) is 6.92 Å². The quantitative estimate of drug-likeness (QED) is 0.257. The Bertz CT molecular complexity index is 1260. The van der Waals surface area contributed by atoms with Crippen LogP contribution in [0.15, 0.2) is 0 Å². The molecule has 0 aromatic rings. The molecule has 1 N–H and O–H groups in total. The second kappa shape index (κ2) is 35.2. The van der Waals surface area contributed by atoms with Crippen LogP contribution in [0.3, 0.4) is 0 Å². The van der Waals surface area contributed by atoms with E-state index in [0.29, 0.717) is 16.2 Å². The highest BCUT2D eigenvalue weighted by atomic mass is 16.3. The monoisotopic (exact) mass is 1070 g/mol. The highest BCUT2D eigenvalue weighted by Gasteiger charge is 2.40. The third-order valence-corrected chi connectivity index (χ3v) is 22.3. The first-order valence-corrected chi connectivity index (χ1v) is 34.6. The van der Waals surface area contributed by atoms with Gasteiger partial charge >= 0.3 is 0 Å². The standard InChI is InChI=1S/2C11H22.2C10H20.C9H18.C8H16O.2C8H16/c2*1-9(2)10-5-7-11(3,4)8-6-10;2*1-8(2)10-6-4-9(3)5-7-10;1-7(2)8-5-9(3,4)6-8;1-6(2)7-4-8(3,9)5-7;2*1-6(2)8-4-7(3)5-8/h2*9-10H,5-8H2,1-4H3;2*8-10H,4-7H2,1-3H3;7-8H,5-6H2,1-4H3;6-7,9H,4-5H2,1-3H3;2*6-8H,4-5H2,1-3H3. The van der Waals surface area contributed by atoms with Crippen LogP contribution in [0.2, 0.25) is 0 Å². The molecule has 76 heavy (non-hydrogen) atoms. The van der Waals surface area contributed by atoms with E-state index in [4.69, 9.17) is 0 Å². The molecule has 0 bridgehead atoms. The van der Waals surface area contributed by atoms with Crippen molar-refractivity contribution in [3.8, 4) is 0 Å². The van der Waals surface area contributed by atoms with E-state index in [1.54, 1.807) is 0 Å². The summed E-state index contributed by atoms with van der Waals surface area (Å²) < 4.78 is 0. The van der Waals surface area contributed by atoms with Gasteiger partial charge in [-0.15, -0.1) is 0 Å². The van der Waals surface area contributed by atoms with Gasteiger partial charge in [-0.05, 0) is 270 Å². The van der Waals surface area contributed by atoms with Crippen LogP contribution in [0.5, 0.6) is 0 Å². The minimum atomic E-state index is -0.324. The molecule has 0 unspecified atom stereocenters. The van der Waals surface area contributed by atoms with E-state index in [1.165, 1.54) is 141 Å². The summed E-state index contributed by atoms with van der Waals surface area (Å²) in [6.45, 7) is 63.1. The molecule has 0 aromatic heterocycles. The number of rotatable bonds is 8. The van der Waals surface area contributed by atoms with Crippen LogP contribution in [0.1, 0.15) is 341 Å². The second-order valence-corrected chi connectivity index (χ2v) is 34.7. The molecule has 8 aliphatic carbocycles.